The van der Waals surface area contributed by atoms with Gasteiger partial charge in [-0.3, -0.25) is 4.79 Å². The highest BCUT2D eigenvalue weighted by Crippen LogP contribution is 2.31. The van der Waals surface area contributed by atoms with E-state index in [-0.39, 0.29) is 22.6 Å². The van der Waals surface area contributed by atoms with Gasteiger partial charge < -0.3 is 9.64 Å². The number of ether oxygens (including phenoxy) is 1. The standard InChI is InChI=1S/C14H18ClNO4S/c1-3-8-16(11-5-6-11)14(17)10-4-7-12(20-2)13(9-10)21(15,18)19/h4,7,9,11H,3,5-6,8H2,1-2H3. The van der Waals surface area contributed by atoms with E-state index < -0.39 is 9.05 Å². The minimum Gasteiger partial charge on any atom is -0.495 e. The molecule has 0 heterocycles. The predicted octanol–water partition coefficient (Wildman–Crippen LogP) is 2.64. The minimum atomic E-state index is -3.97. The van der Waals surface area contributed by atoms with Crippen LogP contribution in [0.15, 0.2) is 23.1 Å². The van der Waals surface area contributed by atoms with Crippen molar-refractivity contribution >= 4 is 25.6 Å². The molecule has 0 spiro atoms. The van der Waals surface area contributed by atoms with Gasteiger partial charge in [0.25, 0.3) is 15.0 Å². The van der Waals surface area contributed by atoms with Gasteiger partial charge in [0.1, 0.15) is 10.6 Å². The molecule has 0 N–H and O–H groups in total. The van der Waals surface area contributed by atoms with Crippen LogP contribution in [0.1, 0.15) is 36.5 Å². The van der Waals surface area contributed by atoms with Crippen molar-refractivity contribution in [2.45, 2.75) is 37.1 Å². The third-order valence-electron chi connectivity index (χ3n) is 3.39. The molecule has 0 radical (unpaired) electrons. The summed E-state index contributed by atoms with van der Waals surface area (Å²) in [5.74, 6) is -0.0291. The molecule has 1 aromatic rings. The van der Waals surface area contributed by atoms with E-state index in [1.807, 2.05) is 6.92 Å². The lowest BCUT2D eigenvalue weighted by atomic mass is 10.2. The maximum absolute atomic E-state index is 12.5. The van der Waals surface area contributed by atoms with Crippen LogP contribution < -0.4 is 4.74 Å². The summed E-state index contributed by atoms with van der Waals surface area (Å²) < 4.78 is 28.2. The number of hydrogen-bond donors (Lipinski definition) is 0. The summed E-state index contributed by atoms with van der Waals surface area (Å²) in [5.41, 5.74) is 0.315. The highest BCUT2D eigenvalue weighted by Gasteiger charge is 2.33. The fourth-order valence-corrected chi connectivity index (χ4v) is 3.26. The van der Waals surface area contributed by atoms with Crippen LogP contribution in [-0.2, 0) is 9.05 Å². The lowest BCUT2D eigenvalue weighted by molar-refractivity contribution is 0.0743. The molecule has 7 heteroatoms. The van der Waals surface area contributed by atoms with Crippen LogP contribution in [0.2, 0.25) is 0 Å². The minimum absolute atomic E-state index is 0.134. The zero-order chi connectivity index (χ0) is 15.6. The topological polar surface area (TPSA) is 63.7 Å². The highest BCUT2D eigenvalue weighted by molar-refractivity contribution is 8.13. The maximum Gasteiger partial charge on any atom is 0.265 e. The van der Waals surface area contributed by atoms with E-state index >= 15 is 0 Å². The summed E-state index contributed by atoms with van der Waals surface area (Å²) in [7, 11) is 2.79. The lowest BCUT2D eigenvalue weighted by Crippen LogP contribution is -2.33. The molecule has 1 saturated carbocycles. The van der Waals surface area contributed by atoms with Crippen LogP contribution >= 0.6 is 10.7 Å². The predicted molar refractivity (Wildman–Crippen MR) is 80.4 cm³/mol. The molecule has 1 fully saturated rings. The van der Waals surface area contributed by atoms with Gasteiger partial charge in [-0.05, 0) is 37.5 Å². The van der Waals surface area contributed by atoms with Gasteiger partial charge in [0.05, 0.1) is 7.11 Å². The molecule has 0 atom stereocenters. The van der Waals surface area contributed by atoms with Crippen molar-refractivity contribution in [2.24, 2.45) is 0 Å². The van der Waals surface area contributed by atoms with Crippen molar-refractivity contribution in [3.05, 3.63) is 23.8 Å². The Kier molecular flexibility index (Phi) is 4.78. The van der Waals surface area contributed by atoms with Crippen LogP contribution in [0.4, 0.5) is 0 Å². The van der Waals surface area contributed by atoms with E-state index in [4.69, 9.17) is 15.4 Å². The van der Waals surface area contributed by atoms with Gasteiger partial charge in [-0.25, -0.2) is 8.42 Å². The molecule has 0 bridgehead atoms. The van der Waals surface area contributed by atoms with Crippen LogP contribution in [0.25, 0.3) is 0 Å². The SMILES string of the molecule is CCCN(C(=O)c1ccc(OC)c(S(=O)(=O)Cl)c1)C1CC1. The lowest BCUT2D eigenvalue weighted by Gasteiger charge is -2.22. The Balaban J connectivity index is 2.37. The third-order valence-corrected chi connectivity index (χ3v) is 4.73. The smallest absolute Gasteiger partial charge is 0.265 e. The maximum atomic E-state index is 12.5. The number of methoxy groups -OCH3 is 1. The summed E-state index contributed by atoms with van der Waals surface area (Å²) in [6.45, 7) is 2.67. The van der Waals surface area contributed by atoms with E-state index in [0.29, 0.717) is 12.1 Å². The number of nitrogens with zero attached hydrogens (tertiary/aromatic N) is 1. The van der Waals surface area contributed by atoms with E-state index in [0.717, 1.165) is 19.3 Å². The molecule has 0 saturated heterocycles. The van der Waals surface area contributed by atoms with Crippen molar-refractivity contribution in [3.63, 3.8) is 0 Å². The molecule has 0 unspecified atom stereocenters. The van der Waals surface area contributed by atoms with Gasteiger partial charge in [0, 0.05) is 28.8 Å². The first-order chi connectivity index (χ1) is 9.88. The summed E-state index contributed by atoms with van der Waals surface area (Å²) >= 11 is 0. The number of hydrogen-bond acceptors (Lipinski definition) is 4. The largest absolute Gasteiger partial charge is 0.495 e. The Morgan fingerprint density at radius 1 is 1.43 bits per heavy atom. The number of halogens is 1. The molecule has 21 heavy (non-hydrogen) atoms. The molecule has 1 aliphatic carbocycles. The molecule has 1 aromatic carbocycles. The van der Waals surface area contributed by atoms with Crippen LogP contribution in [0.5, 0.6) is 5.75 Å². The van der Waals surface area contributed by atoms with Gasteiger partial charge in [-0.1, -0.05) is 6.92 Å². The second-order valence-electron chi connectivity index (χ2n) is 5.03. The summed E-state index contributed by atoms with van der Waals surface area (Å²) in [6.07, 6.45) is 2.87. The number of carbonyl (C=O) groups is 1. The fraction of sp³-hybridized carbons (Fsp3) is 0.500. The molecule has 1 amide bonds. The first kappa shape index (κ1) is 16.1. The second-order valence-corrected chi connectivity index (χ2v) is 7.57. The summed E-state index contributed by atoms with van der Waals surface area (Å²) in [6, 6.07) is 4.59. The van der Waals surface area contributed by atoms with E-state index in [1.54, 1.807) is 11.0 Å². The van der Waals surface area contributed by atoms with Gasteiger partial charge in [0.2, 0.25) is 0 Å². The van der Waals surface area contributed by atoms with E-state index in [9.17, 15) is 13.2 Å². The van der Waals surface area contributed by atoms with Crippen LogP contribution in [-0.4, -0.2) is 38.9 Å². The molecule has 0 aromatic heterocycles. The summed E-state index contributed by atoms with van der Waals surface area (Å²) in [4.78, 5) is 14.2. The molecule has 116 valence electrons. The Morgan fingerprint density at radius 2 is 2.10 bits per heavy atom. The van der Waals surface area contributed by atoms with Crippen molar-refractivity contribution in [1.29, 1.82) is 0 Å². The average Bonchev–Trinajstić information content (AvgIpc) is 3.27. The number of amides is 1. The highest BCUT2D eigenvalue weighted by atomic mass is 35.7. The third kappa shape index (κ3) is 3.68. The van der Waals surface area contributed by atoms with Crippen molar-refractivity contribution in [1.82, 2.24) is 4.90 Å². The average molecular weight is 332 g/mol. The normalized spacial score (nSPS) is 14.8. The molecule has 0 aliphatic heterocycles. The van der Waals surface area contributed by atoms with Crippen molar-refractivity contribution < 1.29 is 17.9 Å². The monoisotopic (exact) mass is 331 g/mol. The zero-order valence-electron chi connectivity index (χ0n) is 12.0. The van der Waals surface area contributed by atoms with Gasteiger partial charge >= 0.3 is 0 Å². The molecule has 5 nitrogen and oxygen atoms in total. The van der Waals surface area contributed by atoms with E-state index in [1.165, 1.54) is 19.2 Å². The first-order valence-electron chi connectivity index (χ1n) is 6.82. The quantitative estimate of drug-likeness (QED) is 0.752. The molecular weight excluding hydrogens is 314 g/mol. The first-order valence-corrected chi connectivity index (χ1v) is 9.13. The van der Waals surface area contributed by atoms with Crippen molar-refractivity contribution in [2.75, 3.05) is 13.7 Å². The Bertz CT molecular complexity index is 640. The van der Waals surface area contributed by atoms with Gasteiger partial charge in [0.15, 0.2) is 0 Å². The Morgan fingerprint density at radius 3 is 2.57 bits per heavy atom. The number of benzene rings is 1. The van der Waals surface area contributed by atoms with Crippen LogP contribution in [0, 0.1) is 0 Å². The van der Waals surface area contributed by atoms with Crippen molar-refractivity contribution in [3.8, 4) is 5.75 Å². The van der Waals surface area contributed by atoms with E-state index in [2.05, 4.69) is 0 Å². The van der Waals surface area contributed by atoms with Crippen LogP contribution in [0.3, 0.4) is 0 Å². The molecule has 1 aliphatic rings. The van der Waals surface area contributed by atoms with Gasteiger partial charge in [-0.2, -0.15) is 0 Å². The second kappa shape index (κ2) is 6.23. The zero-order valence-corrected chi connectivity index (χ0v) is 13.6. The Hall–Kier alpha value is -1.27. The number of rotatable bonds is 6. The number of carbonyl (C=O) groups excluding carboxylic acids is 1. The molecule has 2 rings (SSSR count). The Labute approximate surface area is 129 Å². The summed E-state index contributed by atoms with van der Waals surface area (Å²) in [5, 5.41) is 0. The van der Waals surface area contributed by atoms with Gasteiger partial charge in [-0.15, -0.1) is 0 Å². The fourth-order valence-electron chi connectivity index (χ4n) is 2.24. The molecular formula is C14H18ClNO4S.